The van der Waals surface area contributed by atoms with E-state index in [1.54, 1.807) is 12.4 Å². The van der Waals surface area contributed by atoms with Crippen LogP contribution in [0.2, 0.25) is 0 Å². The summed E-state index contributed by atoms with van der Waals surface area (Å²) in [5.41, 5.74) is 1.47. The number of hydrogen-bond acceptors (Lipinski definition) is 5. The Kier molecular flexibility index (Phi) is 3.29. The van der Waals surface area contributed by atoms with Gasteiger partial charge in [-0.1, -0.05) is 12.8 Å². The van der Waals surface area contributed by atoms with E-state index in [1.807, 2.05) is 12.1 Å². The van der Waals surface area contributed by atoms with Crippen LogP contribution in [0.3, 0.4) is 0 Å². The predicted molar refractivity (Wildman–Crippen MR) is 73.8 cm³/mol. The van der Waals surface area contributed by atoms with Crippen LogP contribution in [-0.4, -0.2) is 33.2 Å². The number of fused-ring (bicyclic) bond motifs is 1. The molecule has 5 heteroatoms. The van der Waals surface area contributed by atoms with Crippen molar-refractivity contribution in [2.24, 2.45) is 5.41 Å². The van der Waals surface area contributed by atoms with E-state index in [0.717, 1.165) is 30.7 Å². The highest BCUT2D eigenvalue weighted by Gasteiger charge is 2.32. The van der Waals surface area contributed by atoms with Crippen molar-refractivity contribution in [3.8, 4) is 0 Å². The smallest absolute Gasteiger partial charge is 0.180 e. The molecule has 100 valence electrons. The van der Waals surface area contributed by atoms with Crippen molar-refractivity contribution in [1.29, 1.82) is 0 Å². The Labute approximate surface area is 112 Å². The maximum atomic E-state index is 9.58. The summed E-state index contributed by atoms with van der Waals surface area (Å²) in [5.74, 6) is 0.799. The summed E-state index contributed by atoms with van der Waals surface area (Å²) >= 11 is 0. The van der Waals surface area contributed by atoms with Crippen LogP contribution in [0.5, 0.6) is 0 Å². The quantitative estimate of drug-likeness (QED) is 0.877. The molecule has 1 fully saturated rings. The van der Waals surface area contributed by atoms with Crippen LogP contribution in [-0.2, 0) is 0 Å². The largest absolute Gasteiger partial charge is 0.396 e. The maximum absolute atomic E-state index is 9.58. The molecule has 0 radical (unpaired) electrons. The lowest BCUT2D eigenvalue weighted by Gasteiger charge is -2.26. The summed E-state index contributed by atoms with van der Waals surface area (Å²) < 4.78 is 0. The van der Waals surface area contributed by atoms with Gasteiger partial charge < -0.3 is 10.4 Å². The van der Waals surface area contributed by atoms with Gasteiger partial charge in [0.1, 0.15) is 11.3 Å². The first-order valence-electron chi connectivity index (χ1n) is 6.74. The lowest BCUT2D eigenvalue weighted by Crippen LogP contribution is -2.30. The van der Waals surface area contributed by atoms with Gasteiger partial charge in [0.05, 0.1) is 6.61 Å². The molecule has 2 aromatic rings. The van der Waals surface area contributed by atoms with E-state index < -0.39 is 0 Å². The van der Waals surface area contributed by atoms with Crippen LogP contribution >= 0.6 is 0 Å². The van der Waals surface area contributed by atoms with Crippen molar-refractivity contribution >= 4 is 17.0 Å². The molecule has 2 N–H and O–H groups in total. The van der Waals surface area contributed by atoms with Gasteiger partial charge in [-0.2, -0.15) is 0 Å². The molecule has 0 amide bonds. The molecule has 0 spiro atoms. The minimum Gasteiger partial charge on any atom is -0.396 e. The standard InChI is InChI=1S/C14H18N4O/c19-10-14(5-1-2-6-14)9-17-12-4-3-11-13(18-12)16-8-7-15-11/h3-4,7-8,19H,1-2,5-6,9-10H2,(H,16,17,18). The first kappa shape index (κ1) is 12.3. The Balaban J connectivity index is 1.74. The normalized spacial score (nSPS) is 17.7. The number of aliphatic hydroxyl groups excluding tert-OH is 1. The number of nitrogens with zero attached hydrogens (tertiary/aromatic N) is 3. The van der Waals surface area contributed by atoms with Crippen LogP contribution < -0.4 is 5.32 Å². The molecule has 0 saturated heterocycles. The summed E-state index contributed by atoms with van der Waals surface area (Å²) in [4.78, 5) is 12.8. The molecule has 0 atom stereocenters. The molecule has 1 aliphatic carbocycles. The molecule has 0 aliphatic heterocycles. The van der Waals surface area contributed by atoms with Crippen LogP contribution in [0.1, 0.15) is 25.7 Å². The van der Waals surface area contributed by atoms with Crippen molar-refractivity contribution in [1.82, 2.24) is 15.0 Å². The van der Waals surface area contributed by atoms with Gasteiger partial charge in [-0.25, -0.2) is 9.97 Å². The van der Waals surface area contributed by atoms with Gasteiger partial charge in [0.15, 0.2) is 5.65 Å². The summed E-state index contributed by atoms with van der Waals surface area (Å²) in [6.45, 7) is 1.01. The van der Waals surface area contributed by atoms with Gasteiger partial charge in [-0.3, -0.25) is 4.98 Å². The highest BCUT2D eigenvalue weighted by Crippen LogP contribution is 2.37. The lowest BCUT2D eigenvalue weighted by molar-refractivity contribution is 0.142. The van der Waals surface area contributed by atoms with E-state index in [1.165, 1.54) is 12.8 Å². The fourth-order valence-corrected chi connectivity index (χ4v) is 2.75. The Bertz CT molecular complexity index is 566. The van der Waals surface area contributed by atoms with Crippen LogP contribution in [0.15, 0.2) is 24.5 Å². The molecule has 0 bridgehead atoms. The van der Waals surface area contributed by atoms with Crippen LogP contribution in [0.25, 0.3) is 11.2 Å². The van der Waals surface area contributed by atoms with Crippen molar-refractivity contribution in [2.45, 2.75) is 25.7 Å². The predicted octanol–water partition coefficient (Wildman–Crippen LogP) is 1.99. The molecule has 0 aromatic carbocycles. The van der Waals surface area contributed by atoms with Gasteiger partial charge in [0, 0.05) is 24.4 Å². The van der Waals surface area contributed by atoms with E-state index in [2.05, 4.69) is 20.3 Å². The molecular weight excluding hydrogens is 240 g/mol. The fourth-order valence-electron chi connectivity index (χ4n) is 2.75. The average Bonchev–Trinajstić information content (AvgIpc) is 2.94. The minimum absolute atomic E-state index is 0.0268. The number of pyridine rings is 1. The summed E-state index contributed by atoms with van der Waals surface area (Å²) in [6.07, 6.45) is 7.90. The minimum atomic E-state index is 0.0268. The van der Waals surface area contributed by atoms with E-state index in [-0.39, 0.29) is 12.0 Å². The molecule has 19 heavy (non-hydrogen) atoms. The molecule has 0 unspecified atom stereocenters. The number of nitrogens with one attached hydrogen (secondary N) is 1. The number of aliphatic hydroxyl groups is 1. The average molecular weight is 258 g/mol. The van der Waals surface area contributed by atoms with Gasteiger partial charge >= 0.3 is 0 Å². The molecule has 1 saturated carbocycles. The van der Waals surface area contributed by atoms with Crippen LogP contribution in [0, 0.1) is 5.41 Å². The molecule has 2 heterocycles. The number of hydrogen-bond donors (Lipinski definition) is 2. The second kappa shape index (κ2) is 5.09. The first-order valence-corrected chi connectivity index (χ1v) is 6.74. The molecule has 2 aromatic heterocycles. The number of aromatic nitrogens is 3. The third kappa shape index (κ3) is 2.51. The third-order valence-corrected chi connectivity index (χ3v) is 3.98. The highest BCUT2D eigenvalue weighted by molar-refractivity contribution is 5.71. The van der Waals surface area contributed by atoms with Crippen molar-refractivity contribution in [3.63, 3.8) is 0 Å². The molecule has 5 nitrogen and oxygen atoms in total. The maximum Gasteiger partial charge on any atom is 0.180 e. The Morgan fingerprint density at radius 2 is 1.95 bits per heavy atom. The molecule has 1 aliphatic rings. The summed E-state index contributed by atoms with van der Waals surface area (Å²) in [7, 11) is 0. The molecular formula is C14H18N4O. The van der Waals surface area contributed by atoms with E-state index >= 15 is 0 Å². The zero-order valence-corrected chi connectivity index (χ0v) is 10.8. The second-order valence-electron chi connectivity index (χ2n) is 5.31. The zero-order chi connectivity index (χ0) is 13.1. The van der Waals surface area contributed by atoms with Gasteiger partial charge in [0.25, 0.3) is 0 Å². The van der Waals surface area contributed by atoms with Crippen molar-refractivity contribution in [2.75, 3.05) is 18.5 Å². The zero-order valence-electron chi connectivity index (χ0n) is 10.8. The Hall–Kier alpha value is -1.75. The Morgan fingerprint density at radius 3 is 2.74 bits per heavy atom. The highest BCUT2D eigenvalue weighted by atomic mass is 16.3. The van der Waals surface area contributed by atoms with Crippen molar-refractivity contribution < 1.29 is 5.11 Å². The van der Waals surface area contributed by atoms with Crippen molar-refractivity contribution in [3.05, 3.63) is 24.5 Å². The topological polar surface area (TPSA) is 70.9 Å². The summed E-state index contributed by atoms with van der Waals surface area (Å²) in [5, 5.41) is 12.9. The van der Waals surface area contributed by atoms with Crippen LogP contribution in [0.4, 0.5) is 5.82 Å². The second-order valence-corrected chi connectivity index (χ2v) is 5.31. The van der Waals surface area contributed by atoms with E-state index in [9.17, 15) is 5.11 Å². The fraction of sp³-hybridized carbons (Fsp3) is 0.500. The summed E-state index contributed by atoms with van der Waals surface area (Å²) in [6, 6.07) is 3.83. The lowest BCUT2D eigenvalue weighted by atomic mass is 9.87. The molecule has 3 rings (SSSR count). The number of anilines is 1. The Morgan fingerprint density at radius 1 is 1.16 bits per heavy atom. The first-order chi connectivity index (χ1) is 9.31. The number of rotatable bonds is 4. The van der Waals surface area contributed by atoms with E-state index in [4.69, 9.17) is 0 Å². The third-order valence-electron chi connectivity index (χ3n) is 3.98. The monoisotopic (exact) mass is 258 g/mol. The SMILES string of the molecule is OCC1(CNc2ccc3nccnc3n2)CCCC1. The van der Waals surface area contributed by atoms with E-state index in [0.29, 0.717) is 5.65 Å². The van der Waals surface area contributed by atoms with Gasteiger partial charge in [0.2, 0.25) is 0 Å². The van der Waals surface area contributed by atoms with Gasteiger partial charge in [-0.05, 0) is 25.0 Å². The van der Waals surface area contributed by atoms with Gasteiger partial charge in [-0.15, -0.1) is 0 Å².